The number of carbonyl (C=O) groups is 1. The predicted octanol–water partition coefficient (Wildman–Crippen LogP) is 5.19. The number of hydrogen-bond acceptors (Lipinski definition) is 4. The molecule has 0 saturated heterocycles. The lowest BCUT2D eigenvalue weighted by Gasteiger charge is -2.14. The van der Waals surface area contributed by atoms with Gasteiger partial charge < -0.3 is 9.88 Å². The van der Waals surface area contributed by atoms with E-state index in [4.69, 9.17) is 12.2 Å². The zero-order valence-corrected chi connectivity index (χ0v) is 15.9. The second-order valence-corrected chi connectivity index (χ2v) is 8.13. The molecule has 0 aliphatic heterocycles. The minimum Gasteiger partial charge on any atom is -0.347 e. The zero-order chi connectivity index (χ0) is 17.1. The quantitative estimate of drug-likeness (QED) is 0.623. The average Bonchev–Trinajstić information content (AvgIpc) is 3.20. The highest BCUT2D eigenvalue weighted by molar-refractivity contribution is 7.73. The third-order valence-corrected chi connectivity index (χ3v) is 6.11. The lowest BCUT2D eigenvalue weighted by molar-refractivity contribution is -0.122. The Kier molecular flexibility index (Phi) is 5.28. The Morgan fingerprint density at radius 1 is 1.25 bits per heavy atom. The normalized spacial score (nSPS) is 12.1. The minimum atomic E-state index is -0.0289. The van der Waals surface area contributed by atoms with E-state index in [1.807, 2.05) is 34.4 Å². The summed E-state index contributed by atoms with van der Waals surface area (Å²) < 4.78 is 2.62. The molecule has 1 aromatic carbocycles. The first-order valence-electron chi connectivity index (χ1n) is 7.62. The van der Waals surface area contributed by atoms with E-state index in [1.165, 1.54) is 16.9 Å². The van der Waals surface area contributed by atoms with Crippen molar-refractivity contribution in [2.24, 2.45) is 0 Å². The second kappa shape index (κ2) is 7.42. The van der Waals surface area contributed by atoms with Crippen molar-refractivity contribution < 1.29 is 4.79 Å². The molecule has 0 aliphatic carbocycles. The number of benzene rings is 1. The van der Waals surface area contributed by atoms with E-state index in [1.54, 1.807) is 11.3 Å². The van der Waals surface area contributed by atoms with Crippen LogP contribution in [0.15, 0.2) is 47.2 Å². The number of thiophene rings is 1. The summed E-state index contributed by atoms with van der Waals surface area (Å²) in [7, 11) is 0. The van der Waals surface area contributed by atoms with Crippen LogP contribution in [0.1, 0.15) is 23.4 Å². The average molecular weight is 375 g/mol. The lowest BCUT2D eigenvalue weighted by atomic mass is 10.1. The van der Waals surface area contributed by atoms with Crippen molar-refractivity contribution in [3.05, 3.63) is 61.6 Å². The van der Waals surface area contributed by atoms with Crippen LogP contribution in [0.2, 0.25) is 0 Å². The zero-order valence-electron chi connectivity index (χ0n) is 13.5. The van der Waals surface area contributed by atoms with E-state index in [0.29, 0.717) is 3.95 Å². The largest absolute Gasteiger partial charge is 0.347 e. The standard InChI is InChI=1S/C18H18N2OS3/c1-12-5-7-14(8-6-12)15-11-24-18(22)20(15)10-17(21)19-13(2)16-4-3-9-23-16/h3-9,11,13H,10H2,1-2H3,(H,19,21). The molecule has 0 saturated carbocycles. The first-order chi connectivity index (χ1) is 11.5. The summed E-state index contributed by atoms with van der Waals surface area (Å²) in [6.07, 6.45) is 0. The van der Waals surface area contributed by atoms with E-state index in [9.17, 15) is 4.79 Å². The maximum absolute atomic E-state index is 12.4. The van der Waals surface area contributed by atoms with Crippen LogP contribution in [0.3, 0.4) is 0 Å². The SMILES string of the molecule is Cc1ccc(-c2csc(=S)n2CC(=O)NC(C)c2cccs2)cc1. The van der Waals surface area contributed by atoms with Crippen LogP contribution in [0.4, 0.5) is 0 Å². The summed E-state index contributed by atoms with van der Waals surface area (Å²) in [5.41, 5.74) is 3.28. The number of rotatable bonds is 5. The highest BCUT2D eigenvalue weighted by Gasteiger charge is 2.14. The van der Waals surface area contributed by atoms with Crippen LogP contribution in [0.25, 0.3) is 11.3 Å². The van der Waals surface area contributed by atoms with Gasteiger partial charge in [0.25, 0.3) is 0 Å². The molecule has 0 radical (unpaired) electrons. The minimum absolute atomic E-state index is 0.00753. The van der Waals surface area contributed by atoms with E-state index in [2.05, 4.69) is 36.5 Å². The second-order valence-electron chi connectivity index (χ2n) is 5.64. The molecule has 1 atom stereocenters. The van der Waals surface area contributed by atoms with E-state index < -0.39 is 0 Å². The van der Waals surface area contributed by atoms with Crippen LogP contribution < -0.4 is 5.32 Å². The van der Waals surface area contributed by atoms with Crippen molar-refractivity contribution in [2.45, 2.75) is 26.4 Å². The predicted molar refractivity (Wildman–Crippen MR) is 104 cm³/mol. The number of amides is 1. The van der Waals surface area contributed by atoms with Crippen molar-refractivity contribution in [1.29, 1.82) is 0 Å². The molecule has 3 rings (SSSR count). The van der Waals surface area contributed by atoms with Gasteiger partial charge in [0.2, 0.25) is 5.91 Å². The van der Waals surface area contributed by atoms with Crippen molar-refractivity contribution in [3.8, 4) is 11.3 Å². The Balaban J connectivity index is 1.78. The number of carbonyl (C=O) groups excluding carboxylic acids is 1. The van der Waals surface area contributed by atoms with Crippen molar-refractivity contribution in [1.82, 2.24) is 9.88 Å². The van der Waals surface area contributed by atoms with Gasteiger partial charge in [-0.15, -0.1) is 22.7 Å². The maximum Gasteiger partial charge on any atom is 0.240 e. The fourth-order valence-electron chi connectivity index (χ4n) is 2.47. The van der Waals surface area contributed by atoms with E-state index in [-0.39, 0.29) is 18.5 Å². The molecule has 0 fully saturated rings. The van der Waals surface area contributed by atoms with Crippen LogP contribution >= 0.6 is 34.9 Å². The Hall–Kier alpha value is -1.76. The van der Waals surface area contributed by atoms with Gasteiger partial charge in [0, 0.05) is 10.3 Å². The molecule has 0 bridgehead atoms. The maximum atomic E-state index is 12.4. The first kappa shape index (κ1) is 17.1. The van der Waals surface area contributed by atoms with Crippen LogP contribution in [0.5, 0.6) is 0 Å². The van der Waals surface area contributed by atoms with E-state index >= 15 is 0 Å². The molecule has 124 valence electrons. The summed E-state index contributed by atoms with van der Waals surface area (Å²) in [5, 5.41) is 7.08. The molecule has 3 aromatic rings. The van der Waals surface area contributed by atoms with Crippen LogP contribution in [0, 0.1) is 10.9 Å². The van der Waals surface area contributed by atoms with E-state index in [0.717, 1.165) is 16.1 Å². The van der Waals surface area contributed by atoms with Crippen LogP contribution in [-0.4, -0.2) is 10.5 Å². The van der Waals surface area contributed by atoms with Crippen molar-refractivity contribution in [3.63, 3.8) is 0 Å². The van der Waals surface area contributed by atoms with Gasteiger partial charge in [0.1, 0.15) is 6.54 Å². The molecular formula is C18H18N2OS3. The van der Waals surface area contributed by atoms with Gasteiger partial charge in [0.05, 0.1) is 11.7 Å². The molecule has 1 N–H and O–H groups in total. The molecular weight excluding hydrogens is 356 g/mol. The fourth-order valence-corrected chi connectivity index (χ4v) is 4.28. The van der Waals surface area contributed by atoms with Crippen molar-refractivity contribution in [2.75, 3.05) is 0 Å². The number of hydrogen-bond donors (Lipinski definition) is 1. The van der Waals surface area contributed by atoms with Crippen molar-refractivity contribution >= 4 is 40.8 Å². The molecule has 1 unspecified atom stereocenters. The number of thiazole rings is 1. The molecule has 6 heteroatoms. The summed E-state index contributed by atoms with van der Waals surface area (Å²) in [5.74, 6) is -0.0289. The molecule has 3 nitrogen and oxygen atoms in total. The molecule has 2 aromatic heterocycles. The first-order valence-corrected chi connectivity index (χ1v) is 9.79. The molecule has 0 aliphatic rings. The molecule has 1 amide bonds. The topological polar surface area (TPSA) is 34.0 Å². The summed E-state index contributed by atoms with van der Waals surface area (Å²) in [4.78, 5) is 13.6. The van der Waals surface area contributed by atoms with Gasteiger partial charge in [-0.25, -0.2) is 0 Å². The number of aromatic nitrogens is 1. The summed E-state index contributed by atoms with van der Waals surface area (Å²) >= 11 is 8.55. The van der Waals surface area contributed by atoms with Gasteiger partial charge in [0.15, 0.2) is 3.95 Å². The number of nitrogens with one attached hydrogen (secondary N) is 1. The highest BCUT2D eigenvalue weighted by Crippen LogP contribution is 2.24. The van der Waals surface area contributed by atoms with Crippen LogP contribution in [-0.2, 0) is 11.3 Å². The van der Waals surface area contributed by atoms with Gasteiger partial charge in [-0.05, 0) is 43.1 Å². The Labute approximate surface area is 154 Å². The van der Waals surface area contributed by atoms with Gasteiger partial charge >= 0.3 is 0 Å². The Morgan fingerprint density at radius 3 is 2.67 bits per heavy atom. The Morgan fingerprint density at radius 2 is 2.00 bits per heavy atom. The molecule has 24 heavy (non-hydrogen) atoms. The van der Waals surface area contributed by atoms with Gasteiger partial charge in [-0.3, -0.25) is 4.79 Å². The highest BCUT2D eigenvalue weighted by atomic mass is 32.1. The third-order valence-electron chi connectivity index (χ3n) is 3.78. The molecule has 2 heterocycles. The third kappa shape index (κ3) is 3.83. The monoisotopic (exact) mass is 374 g/mol. The summed E-state index contributed by atoms with van der Waals surface area (Å²) in [6.45, 7) is 4.29. The van der Waals surface area contributed by atoms with Gasteiger partial charge in [-0.2, -0.15) is 0 Å². The number of aryl methyl sites for hydroxylation is 1. The fraction of sp³-hybridized carbons (Fsp3) is 0.222. The smallest absolute Gasteiger partial charge is 0.240 e. The molecule has 0 spiro atoms. The number of nitrogens with zero attached hydrogens (tertiary/aromatic N) is 1. The van der Waals surface area contributed by atoms with Gasteiger partial charge in [-0.1, -0.05) is 35.9 Å². The Bertz CT molecular complexity index is 876. The summed E-state index contributed by atoms with van der Waals surface area (Å²) in [6, 6.07) is 12.3. The lowest BCUT2D eigenvalue weighted by Crippen LogP contribution is -2.29.